The first kappa shape index (κ1) is 19.3. The second-order valence-corrected chi connectivity index (χ2v) is 7.41. The molecule has 0 unspecified atom stereocenters. The lowest BCUT2D eigenvalue weighted by Crippen LogP contribution is -3.13. The highest BCUT2D eigenvalue weighted by Crippen LogP contribution is 2.27. The Morgan fingerprint density at radius 2 is 1.66 bits per heavy atom. The van der Waals surface area contributed by atoms with Crippen molar-refractivity contribution in [3.63, 3.8) is 0 Å². The minimum atomic E-state index is 0.0921. The Labute approximate surface area is 171 Å². The van der Waals surface area contributed by atoms with Gasteiger partial charge < -0.3 is 19.3 Å². The zero-order valence-electron chi connectivity index (χ0n) is 17.0. The molecule has 0 radical (unpaired) electrons. The van der Waals surface area contributed by atoms with Gasteiger partial charge in [-0.15, -0.1) is 0 Å². The molecule has 0 spiro atoms. The number of hydrogen-bond acceptors (Lipinski definition) is 3. The third kappa shape index (κ3) is 4.05. The summed E-state index contributed by atoms with van der Waals surface area (Å²) in [5, 5.41) is 2.48. The minimum absolute atomic E-state index is 0.0921. The predicted octanol–water partition coefficient (Wildman–Crippen LogP) is 2.40. The number of methoxy groups -OCH3 is 2. The monoisotopic (exact) mass is 391 g/mol. The van der Waals surface area contributed by atoms with Crippen LogP contribution in [0.15, 0.2) is 60.7 Å². The third-order valence-corrected chi connectivity index (χ3v) is 5.74. The van der Waals surface area contributed by atoms with Crippen molar-refractivity contribution >= 4 is 16.7 Å². The van der Waals surface area contributed by atoms with Gasteiger partial charge in [-0.2, -0.15) is 0 Å². The maximum absolute atomic E-state index is 12.8. The number of nitrogens with one attached hydrogen (secondary N) is 1. The topological polar surface area (TPSA) is 43.2 Å². The lowest BCUT2D eigenvalue weighted by atomic mass is 10.0. The van der Waals surface area contributed by atoms with Crippen molar-refractivity contribution in [2.24, 2.45) is 0 Å². The fourth-order valence-corrected chi connectivity index (χ4v) is 4.06. The van der Waals surface area contributed by atoms with Gasteiger partial charge in [-0.05, 0) is 41.1 Å². The zero-order chi connectivity index (χ0) is 20.2. The van der Waals surface area contributed by atoms with Crippen LogP contribution in [0.25, 0.3) is 10.8 Å². The van der Waals surface area contributed by atoms with Crippen LogP contribution >= 0.6 is 0 Å². The van der Waals surface area contributed by atoms with Crippen molar-refractivity contribution in [2.45, 2.75) is 6.54 Å². The highest BCUT2D eigenvalue weighted by atomic mass is 16.5. The molecule has 29 heavy (non-hydrogen) atoms. The minimum Gasteiger partial charge on any atom is -0.497 e. The summed E-state index contributed by atoms with van der Waals surface area (Å²) in [5.41, 5.74) is 1.96. The van der Waals surface area contributed by atoms with Crippen molar-refractivity contribution in [1.29, 1.82) is 0 Å². The molecule has 0 atom stereocenters. The van der Waals surface area contributed by atoms with E-state index in [1.807, 2.05) is 29.2 Å². The van der Waals surface area contributed by atoms with Gasteiger partial charge in [-0.3, -0.25) is 4.79 Å². The standard InChI is InChI=1S/C24H26N2O3/c1-28-20-10-7-19(8-11-20)24(27)26-15-13-25(14-16-26)17-22-21-6-4-3-5-18(21)9-12-23(22)29-2/h3-12H,13-17H2,1-2H3/p+1. The molecule has 3 aromatic carbocycles. The van der Waals surface area contributed by atoms with Gasteiger partial charge in [0.15, 0.2) is 0 Å². The summed E-state index contributed by atoms with van der Waals surface area (Å²) in [6.45, 7) is 4.26. The van der Waals surface area contributed by atoms with E-state index < -0.39 is 0 Å². The molecule has 1 fully saturated rings. The van der Waals surface area contributed by atoms with Gasteiger partial charge in [-0.25, -0.2) is 0 Å². The first-order valence-electron chi connectivity index (χ1n) is 10.0. The molecule has 1 saturated heterocycles. The Balaban J connectivity index is 1.44. The summed E-state index contributed by atoms with van der Waals surface area (Å²) in [4.78, 5) is 16.2. The summed E-state index contributed by atoms with van der Waals surface area (Å²) in [6, 6.07) is 19.9. The number of rotatable bonds is 5. The Bertz CT molecular complexity index is 993. The molecule has 3 aromatic rings. The van der Waals surface area contributed by atoms with E-state index in [-0.39, 0.29) is 5.91 Å². The molecule has 5 nitrogen and oxygen atoms in total. The number of benzene rings is 3. The van der Waals surface area contributed by atoms with Crippen molar-refractivity contribution in [1.82, 2.24) is 4.90 Å². The molecule has 5 heteroatoms. The van der Waals surface area contributed by atoms with Crippen LogP contribution < -0.4 is 14.4 Å². The number of amides is 1. The van der Waals surface area contributed by atoms with Crippen molar-refractivity contribution in [2.75, 3.05) is 40.4 Å². The Kier molecular flexibility index (Phi) is 5.67. The molecule has 150 valence electrons. The van der Waals surface area contributed by atoms with E-state index >= 15 is 0 Å². The summed E-state index contributed by atoms with van der Waals surface area (Å²) in [6.07, 6.45) is 0. The van der Waals surface area contributed by atoms with E-state index in [4.69, 9.17) is 9.47 Å². The zero-order valence-corrected chi connectivity index (χ0v) is 17.0. The van der Waals surface area contributed by atoms with Crippen LogP contribution in [0, 0.1) is 0 Å². The normalized spacial score (nSPS) is 14.8. The van der Waals surface area contributed by atoms with Crippen LogP contribution in [0.1, 0.15) is 15.9 Å². The van der Waals surface area contributed by atoms with Crippen molar-refractivity contribution < 1.29 is 19.2 Å². The average Bonchev–Trinajstić information content (AvgIpc) is 2.79. The maximum Gasteiger partial charge on any atom is 0.254 e. The number of fused-ring (bicyclic) bond motifs is 1. The van der Waals surface area contributed by atoms with Gasteiger partial charge in [0.05, 0.1) is 46.0 Å². The van der Waals surface area contributed by atoms with E-state index in [0.717, 1.165) is 44.2 Å². The highest BCUT2D eigenvalue weighted by Gasteiger charge is 2.26. The molecule has 1 N–H and O–H groups in total. The summed E-state index contributed by atoms with van der Waals surface area (Å²) in [7, 11) is 3.36. The molecule has 0 bridgehead atoms. The van der Waals surface area contributed by atoms with Crippen LogP contribution in [0.3, 0.4) is 0 Å². The molecule has 0 aromatic heterocycles. The first-order valence-corrected chi connectivity index (χ1v) is 10.0. The average molecular weight is 391 g/mol. The molecular weight excluding hydrogens is 364 g/mol. The fourth-order valence-electron chi connectivity index (χ4n) is 4.06. The second-order valence-electron chi connectivity index (χ2n) is 7.41. The Hall–Kier alpha value is -3.05. The third-order valence-electron chi connectivity index (χ3n) is 5.74. The van der Waals surface area contributed by atoms with Crippen LogP contribution in [-0.2, 0) is 6.54 Å². The highest BCUT2D eigenvalue weighted by molar-refractivity contribution is 5.94. The van der Waals surface area contributed by atoms with E-state index in [1.54, 1.807) is 14.2 Å². The number of hydrogen-bond donors (Lipinski definition) is 1. The SMILES string of the molecule is COc1ccc(C(=O)N2CC[NH+](Cc3c(OC)ccc4ccccc34)CC2)cc1. The summed E-state index contributed by atoms with van der Waals surface area (Å²) in [5.74, 6) is 1.79. The molecule has 1 heterocycles. The number of piperazine rings is 1. The predicted molar refractivity (Wildman–Crippen MR) is 114 cm³/mol. The van der Waals surface area contributed by atoms with Crippen LogP contribution in [0.2, 0.25) is 0 Å². The van der Waals surface area contributed by atoms with E-state index in [0.29, 0.717) is 5.56 Å². The summed E-state index contributed by atoms with van der Waals surface area (Å²) < 4.78 is 10.8. The molecule has 1 amide bonds. The second kappa shape index (κ2) is 8.53. The van der Waals surface area contributed by atoms with Gasteiger partial charge in [0.25, 0.3) is 5.91 Å². The van der Waals surface area contributed by atoms with Gasteiger partial charge in [0.1, 0.15) is 18.0 Å². The van der Waals surface area contributed by atoms with E-state index in [2.05, 4.69) is 36.4 Å². The molecule has 0 saturated carbocycles. The van der Waals surface area contributed by atoms with Gasteiger partial charge in [-0.1, -0.05) is 30.3 Å². The lowest BCUT2D eigenvalue weighted by Gasteiger charge is -2.32. The number of carbonyl (C=O) groups is 1. The quantitative estimate of drug-likeness (QED) is 0.726. The Morgan fingerprint density at radius 3 is 2.34 bits per heavy atom. The molecule has 0 aliphatic carbocycles. The van der Waals surface area contributed by atoms with E-state index in [9.17, 15) is 4.79 Å². The Morgan fingerprint density at radius 1 is 0.931 bits per heavy atom. The molecule has 1 aliphatic heterocycles. The molecule has 1 aliphatic rings. The first-order chi connectivity index (χ1) is 14.2. The van der Waals surface area contributed by atoms with Gasteiger partial charge in [0, 0.05) is 5.56 Å². The smallest absolute Gasteiger partial charge is 0.254 e. The van der Waals surface area contributed by atoms with Crippen molar-refractivity contribution in [3.8, 4) is 11.5 Å². The maximum atomic E-state index is 12.8. The van der Waals surface area contributed by atoms with Gasteiger partial charge in [0.2, 0.25) is 0 Å². The van der Waals surface area contributed by atoms with Crippen molar-refractivity contribution in [3.05, 3.63) is 71.8 Å². The molecular formula is C24H27N2O3+. The van der Waals surface area contributed by atoms with Crippen LogP contribution in [0.4, 0.5) is 0 Å². The largest absolute Gasteiger partial charge is 0.497 e. The van der Waals surface area contributed by atoms with Gasteiger partial charge >= 0.3 is 0 Å². The van der Waals surface area contributed by atoms with Crippen LogP contribution in [-0.4, -0.2) is 51.2 Å². The number of quaternary nitrogens is 1. The number of ether oxygens (including phenoxy) is 2. The lowest BCUT2D eigenvalue weighted by molar-refractivity contribution is -0.917. The van der Waals surface area contributed by atoms with E-state index in [1.165, 1.54) is 21.2 Å². The summed E-state index contributed by atoms with van der Waals surface area (Å²) >= 11 is 0. The number of carbonyl (C=O) groups excluding carboxylic acids is 1. The van der Waals surface area contributed by atoms with Crippen LogP contribution in [0.5, 0.6) is 11.5 Å². The fraction of sp³-hybridized carbons (Fsp3) is 0.292. The number of nitrogens with zero attached hydrogens (tertiary/aromatic N) is 1. The molecule has 4 rings (SSSR count).